The average Bonchev–Trinajstić information content (AvgIpc) is 1.46. The molecule has 6 amide bonds. The Balaban J connectivity index is 1.07. The van der Waals surface area contributed by atoms with Crippen LogP contribution in [0.1, 0.15) is 103 Å². The number of fused-ring (bicyclic) bond motifs is 2. The van der Waals surface area contributed by atoms with Gasteiger partial charge < -0.3 is 52.7 Å². The molecule has 0 saturated carbocycles. The average molecular weight is 1350 g/mol. The number of hydrogen-bond donors (Lipinski definition) is 1. The summed E-state index contributed by atoms with van der Waals surface area (Å²) in [4.78, 5) is 121. The fourth-order valence-electron chi connectivity index (χ4n) is 12.2. The number of rotatable bonds is 27. The van der Waals surface area contributed by atoms with Crippen LogP contribution < -0.4 is 5.32 Å². The van der Waals surface area contributed by atoms with Crippen LogP contribution in [-0.2, 0) is 94.8 Å². The van der Waals surface area contributed by atoms with Crippen molar-refractivity contribution in [3.63, 3.8) is 0 Å². The number of nitrogens with one attached hydrogen (secondary N) is 1. The summed E-state index contributed by atoms with van der Waals surface area (Å²) in [7, 11) is 0. The molecule has 98 heavy (non-hydrogen) atoms. The zero-order valence-corrected chi connectivity index (χ0v) is 55.1. The molecule has 2 fully saturated rings. The van der Waals surface area contributed by atoms with Gasteiger partial charge in [-0.05, 0) is 72.9 Å². The first kappa shape index (κ1) is 69.7. The van der Waals surface area contributed by atoms with E-state index in [1.165, 1.54) is 31.2 Å². The van der Waals surface area contributed by atoms with Gasteiger partial charge in [0.2, 0.25) is 5.91 Å². The third-order valence-electron chi connectivity index (χ3n) is 16.7. The van der Waals surface area contributed by atoms with Gasteiger partial charge in [0.25, 0.3) is 23.6 Å². The van der Waals surface area contributed by atoms with Gasteiger partial charge in [-0.15, -0.1) is 0 Å². The zero-order chi connectivity index (χ0) is 68.9. The molecule has 2 saturated heterocycles. The maximum absolute atomic E-state index is 15.6. The summed E-state index contributed by atoms with van der Waals surface area (Å²) < 4.78 is 66.4. The molecular weight excluding hydrogens is 1280 g/mol. The van der Waals surface area contributed by atoms with Crippen molar-refractivity contribution in [1.82, 2.24) is 20.0 Å². The molecule has 23 heteroatoms. The number of hydrogen-bond acceptors (Lipinski definition) is 19. The summed E-state index contributed by atoms with van der Waals surface area (Å²) >= 11 is 5.76. The Morgan fingerprint density at radius 1 is 0.520 bits per heavy atom. The lowest BCUT2D eigenvalue weighted by molar-refractivity contribution is -0.337. The quantitative estimate of drug-likeness (QED) is 0.0218. The summed E-state index contributed by atoms with van der Waals surface area (Å²) in [6.07, 6.45) is -14.7. The number of alkyl carbamates (subject to hydrolysis) is 1. The van der Waals surface area contributed by atoms with E-state index >= 15 is 24.0 Å². The Kier molecular flexibility index (Phi) is 22.8. The van der Waals surface area contributed by atoms with Crippen LogP contribution in [0.3, 0.4) is 0 Å². The van der Waals surface area contributed by atoms with E-state index in [1.54, 1.807) is 130 Å². The van der Waals surface area contributed by atoms with E-state index in [-0.39, 0.29) is 61.9 Å². The van der Waals surface area contributed by atoms with Crippen LogP contribution in [0.15, 0.2) is 200 Å². The minimum atomic E-state index is -1.86. The van der Waals surface area contributed by atoms with Crippen molar-refractivity contribution in [3.8, 4) is 0 Å². The maximum Gasteiger partial charge on any atom is 0.408 e. The van der Waals surface area contributed by atoms with E-state index in [9.17, 15) is 14.4 Å². The van der Waals surface area contributed by atoms with Crippen molar-refractivity contribution in [2.24, 2.45) is 0 Å². The van der Waals surface area contributed by atoms with E-state index in [4.69, 9.17) is 59.6 Å². The van der Waals surface area contributed by atoms with E-state index < -0.39 is 133 Å². The highest BCUT2D eigenvalue weighted by molar-refractivity contribution is 7.78. The van der Waals surface area contributed by atoms with Crippen molar-refractivity contribution < 1.29 is 85.7 Å². The standard InChI is InChI=1S/C75H74N4O18S/c1-47(80)93-63-59(45-89-40-49-26-12-6-13-27-49)95-73(62(66(63)91-42-51-30-16-8-17-31-51)79-69(84)55-36-22-23-37-56(55)70(79)85)96-64-58(44-88-39-48-24-10-5-11-25-48)94-71(61(65(64)90-41-50-28-14-7-15-29-50)78-67(82)53-34-20-21-35-54(53)68(78)83)77(46-98)60(81)38-57(76-74(87)97-75(2,3)4)72(86)92-43-52-32-18-9-19-33-52/h5-37,46,57-59,61-66,71,73H,38-45H2,1-4H3,(H,76,87)/t57-,58+,59+,61+,62+,63+,64+,65+,66+,71+,73-/m0/s1. The lowest BCUT2D eigenvalue weighted by Crippen LogP contribution is -2.72. The molecule has 0 bridgehead atoms. The molecular formula is C75H74N4O18S. The van der Waals surface area contributed by atoms with Crippen LogP contribution in [0, 0.1) is 0 Å². The number of benzene rings is 7. The van der Waals surface area contributed by atoms with Crippen molar-refractivity contribution in [2.45, 2.75) is 140 Å². The highest BCUT2D eigenvalue weighted by atomic mass is 32.1. The summed E-state index contributed by atoms with van der Waals surface area (Å²) in [6.45, 7) is 4.64. The van der Waals surface area contributed by atoms with Crippen LogP contribution in [0.5, 0.6) is 0 Å². The Bertz CT molecular complexity index is 3890. The molecule has 11 rings (SSSR count). The second-order valence-electron chi connectivity index (χ2n) is 24.7. The van der Waals surface area contributed by atoms with Crippen molar-refractivity contribution in [2.75, 3.05) is 13.2 Å². The monoisotopic (exact) mass is 1350 g/mol. The molecule has 7 aromatic rings. The number of carbonyl (C=O) groups excluding carboxylic acids is 8. The van der Waals surface area contributed by atoms with Gasteiger partial charge in [-0.3, -0.25) is 43.5 Å². The summed E-state index contributed by atoms with van der Waals surface area (Å²) in [5.74, 6) is -6.01. The van der Waals surface area contributed by atoms with Crippen LogP contribution in [-0.4, -0.2) is 154 Å². The number of imide groups is 2. The summed E-state index contributed by atoms with van der Waals surface area (Å²) in [5, 5.41) is 2.50. The Morgan fingerprint density at radius 2 is 0.908 bits per heavy atom. The first-order valence-corrected chi connectivity index (χ1v) is 32.5. The van der Waals surface area contributed by atoms with Crippen molar-refractivity contribution in [3.05, 3.63) is 250 Å². The van der Waals surface area contributed by atoms with Gasteiger partial charge in [0.1, 0.15) is 60.9 Å². The molecule has 4 aliphatic heterocycles. The molecule has 508 valence electrons. The first-order chi connectivity index (χ1) is 47.4. The highest BCUT2D eigenvalue weighted by Gasteiger charge is 2.61. The molecule has 0 unspecified atom stereocenters. The Hall–Kier alpha value is -9.69. The second-order valence-corrected chi connectivity index (χ2v) is 25.0. The first-order valence-electron chi connectivity index (χ1n) is 32.0. The van der Waals surface area contributed by atoms with Gasteiger partial charge in [0.05, 0.1) is 73.8 Å². The van der Waals surface area contributed by atoms with E-state index in [1.807, 2.05) is 66.7 Å². The molecule has 0 aliphatic carbocycles. The predicted octanol–water partition coefficient (Wildman–Crippen LogP) is 9.50. The molecule has 1 N–H and O–H groups in total. The summed E-state index contributed by atoms with van der Waals surface area (Å²) in [5.41, 5.74) is 3.29. The van der Waals surface area contributed by atoms with Crippen LogP contribution in [0.2, 0.25) is 0 Å². The number of ether oxygens (including phenoxy) is 10. The fraction of sp³-hybridized carbons (Fsp3) is 0.320. The second kappa shape index (κ2) is 32.1. The molecule has 4 aliphatic rings. The number of amides is 6. The minimum absolute atomic E-state index is 0.0126. The summed E-state index contributed by atoms with van der Waals surface area (Å²) in [6, 6.07) is 52.2. The third kappa shape index (κ3) is 16.6. The van der Waals surface area contributed by atoms with Gasteiger partial charge in [-0.2, -0.15) is 0 Å². The predicted molar refractivity (Wildman–Crippen MR) is 356 cm³/mol. The molecule has 4 heterocycles. The smallest absolute Gasteiger partial charge is 0.408 e. The van der Waals surface area contributed by atoms with Crippen LogP contribution in [0.4, 0.5) is 4.79 Å². The van der Waals surface area contributed by atoms with E-state index in [2.05, 4.69) is 5.32 Å². The zero-order valence-electron chi connectivity index (χ0n) is 54.2. The molecule has 0 spiro atoms. The number of thiocarbonyl (C=S) groups is 1. The van der Waals surface area contributed by atoms with E-state index in [0.29, 0.717) is 16.7 Å². The molecule has 7 aromatic carbocycles. The third-order valence-corrected chi connectivity index (χ3v) is 16.9. The van der Waals surface area contributed by atoms with E-state index in [0.717, 1.165) is 31.3 Å². The largest absolute Gasteiger partial charge is 0.459 e. The number of nitrogens with zero attached hydrogens (tertiary/aromatic N) is 3. The minimum Gasteiger partial charge on any atom is -0.459 e. The van der Waals surface area contributed by atoms with Gasteiger partial charge in [0.15, 0.2) is 18.6 Å². The van der Waals surface area contributed by atoms with Crippen molar-refractivity contribution >= 4 is 65.3 Å². The highest BCUT2D eigenvalue weighted by Crippen LogP contribution is 2.42. The number of carbonyl (C=O) groups is 8. The SMILES string of the molecule is CC(=O)O[C@H]1[C@H](OCc2ccccc2)[C@@H](N2C(=O)c3ccccc3C2=O)[C@H](O[C@H]2[C@H](OCc3ccccc3)[C@@H](N3C(=O)c4ccccc4C3=O)[C@H](N(C=S)C(=O)C[C@H](NC(=O)OC(C)(C)C)C(=O)OCc3ccccc3)O[C@@H]2COCc2ccccc2)O[C@@H]1COCc1ccccc1. The molecule has 22 nitrogen and oxygen atoms in total. The normalized spacial score (nSPS) is 22.3. The molecule has 11 atom stereocenters. The lowest BCUT2D eigenvalue weighted by Gasteiger charge is -2.53. The van der Waals surface area contributed by atoms with Gasteiger partial charge in [0, 0.05) is 6.92 Å². The Labute approximate surface area is 571 Å². The fourth-order valence-corrected chi connectivity index (χ4v) is 12.5. The maximum atomic E-state index is 15.6. The number of esters is 2. The van der Waals surface area contributed by atoms with Gasteiger partial charge in [-0.1, -0.05) is 188 Å². The van der Waals surface area contributed by atoms with Crippen molar-refractivity contribution in [1.29, 1.82) is 0 Å². The van der Waals surface area contributed by atoms with Crippen LogP contribution in [0.25, 0.3) is 0 Å². The molecule has 0 radical (unpaired) electrons. The Morgan fingerprint density at radius 3 is 1.33 bits per heavy atom. The topological polar surface area (TPSA) is 251 Å². The van der Waals surface area contributed by atoms with Crippen LogP contribution >= 0.6 is 12.2 Å². The molecule has 0 aromatic heterocycles. The lowest BCUT2D eigenvalue weighted by atomic mass is 9.91. The van der Waals surface area contributed by atoms with Gasteiger partial charge in [-0.25, -0.2) is 9.59 Å². The van der Waals surface area contributed by atoms with Gasteiger partial charge >= 0.3 is 18.0 Å².